The molecule has 8 atom stereocenters. The Morgan fingerprint density at radius 2 is 1.58 bits per heavy atom. The fourth-order valence-corrected chi connectivity index (χ4v) is 9.51. The third kappa shape index (κ3) is 6.68. The Balaban J connectivity index is 1.27. The van der Waals surface area contributed by atoms with E-state index in [2.05, 4.69) is 21.2 Å². The first kappa shape index (κ1) is 36.9. The maximum absolute atomic E-state index is 15.5. The van der Waals surface area contributed by atoms with Crippen LogP contribution in [0.5, 0.6) is 0 Å². The molecule has 8 rings (SSSR count). The van der Waals surface area contributed by atoms with Gasteiger partial charge < -0.3 is 29.7 Å². The van der Waals surface area contributed by atoms with E-state index in [9.17, 15) is 14.7 Å². The number of nitrogens with one attached hydrogen (secondary N) is 1. The number of esters is 1. The van der Waals surface area contributed by atoms with Crippen LogP contribution in [0.2, 0.25) is 0 Å². The van der Waals surface area contributed by atoms with Crippen molar-refractivity contribution < 1.29 is 33.8 Å². The third-order valence-electron chi connectivity index (χ3n) is 11.3. The van der Waals surface area contributed by atoms with Gasteiger partial charge in [0, 0.05) is 23.1 Å². The van der Waals surface area contributed by atoms with Crippen LogP contribution >= 0.6 is 15.9 Å². The van der Waals surface area contributed by atoms with Gasteiger partial charge in [0.15, 0.2) is 0 Å². The van der Waals surface area contributed by atoms with Crippen molar-refractivity contribution in [3.8, 4) is 0 Å². The molecule has 1 spiro atoms. The standard InChI is InChI=1S/C44H42BrN3O7/c1-27-38(30-16-7-3-8-17-30)54-43(53)36-37-41(51)48(33(26-49)23-28-13-5-2-6-14-28)40(44(37)25-34(45)39(36)55-44)42(52)47(22-12-4-9-19-35(50)46-27)32-21-20-29-15-10-11-18-31(29)24-32/h2-8,10-18,20-21,24-25,27,33,36-40,49H,9,19,22-23,26H2,1H3,(H,46,50)/b12-4-/t27-,33+,36+,37-,38+,39+,40+,44-/m0/s1. The lowest BCUT2D eigenvalue weighted by atomic mass is 9.74. The highest BCUT2D eigenvalue weighted by molar-refractivity contribution is 9.11. The quantitative estimate of drug-likeness (QED) is 0.187. The maximum atomic E-state index is 15.5. The van der Waals surface area contributed by atoms with Gasteiger partial charge in [-0.15, -0.1) is 0 Å². The molecule has 282 valence electrons. The fourth-order valence-electron chi connectivity index (χ4n) is 8.77. The predicted octanol–water partition coefficient (Wildman–Crippen LogP) is 5.79. The summed E-state index contributed by atoms with van der Waals surface area (Å²) >= 11 is 3.65. The summed E-state index contributed by atoms with van der Waals surface area (Å²) in [5.74, 6) is -4.04. The van der Waals surface area contributed by atoms with Gasteiger partial charge >= 0.3 is 5.97 Å². The summed E-state index contributed by atoms with van der Waals surface area (Å²) in [7, 11) is 0. The summed E-state index contributed by atoms with van der Waals surface area (Å²) in [6, 6.07) is 29.6. The van der Waals surface area contributed by atoms with Crippen LogP contribution in [0.4, 0.5) is 5.69 Å². The zero-order valence-electron chi connectivity index (χ0n) is 30.3. The number of hydrogen-bond acceptors (Lipinski definition) is 7. The summed E-state index contributed by atoms with van der Waals surface area (Å²) in [5, 5.41) is 15.9. The van der Waals surface area contributed by atoms with Crippen molar-refractivity contribution in [1.29, 1.82) is 0 Å². The Labute approximate surface area is 327 Å². The van der Waals surface area contributed by atoms with E-state index in [1.165, 1.54) is 4.90 Å². The molecule has 4 aliphatic rings. The van der Waals surface area contributed by atoms with Gasteiger partial charge in [0.2, 0.25) is 11.8 Å². The van der Waals surface area contributed by atoms with Crippen molar-refractivity contribution in [1.82, 2.24) is 10.2 Å². The SMILES string of the molecule is C[C@@H]1NC(=O)CC/C=C\CN(c2ccc3ccccc3c2)C(=O)[C@H]2N([C@@H](CO)Cc3ccccc3)C(=O)[C@@H]3[C@@H](C(=O)O[C@H]1c1ccccc1)[C@@H]1O[C@@]32C=C1Br. The Morgan fingerprint density at radius 1 is 0.873 bits per heavy atom. The normalized spacial score (nSPS) is 29.5. The summed E-state index contributed by atoms with van der Waals surface area (Å²) in [5.41, 5.74) is 0.598. The first-order valence-electron chi connectivity index (χ1n) is 18.7. The Kier molecular flexibility index (Phi) is 10.2. The molecule has 0 aliphatic carbocycles. The number of hydrogen-bond donors (Lipinski definition) is 2. The second-order valence-electron chi connectivity index (χ2n) is 14.7. The van der Waals surface area contributed by atoms with Gasteiger partial charge in [0.1, 0.15) is 29.8 Å². The van der Waals surface area contributed by atoms with Gasteiger partial charge in [-0.1, -0.05) is 119 Å². The van der Waals surface area contributed by atoms with Crippen molar-refractivity contribution in [3.05, 3.63) is 137 Å². The summed E-state index contributed by atoms with van der Waals surface area (Å²) in [4.78, 5) is 61.6. The highest BCUT2D eigenvalue weighted by Crippen LogP contribution is 2.59. The fraction of sp³-hybridized carbons (Fsp3) is 0.318. The molecule has 55 heavy (non-hydrogen) atoms. The first-order valence-corrected chi connectivity index (χ1v) is 19.5. The van der Waals surface area contributed by atoms with Gasteiger partial charge in [-0.2, -0.15) is 0 Å². The van der Waals surface area contributed by atoms with Gasteiger partial charge in [0.05, 0.1) is 24.6 Å². The van der Waals surface area contributed by atoms with E-state index in [1.54, 1.807) is 17.9 Å². The summed E-state index contributed by atoms with van der Waals surface area (Å²) in [6.45, 7) is 1.49. The number of nitrogens with zero attached hydrogens (tertiary/aromatic N) is 2. The Morgan fingerprint density at radius 3 is 2.33 bits per heavy atom. The average Bonchev–Trinajstić information content (AvgIpc) is 3.80. The first-order chi connectivity index (χ1) is 26.7. The average molecular weight is 805 g/mol. The number of fused-ring (bicyclic) bond motifs is 3. The number of aliphatic hydroxyl groups is 1. The van der Waals surface area contributed by atoms with E-state index >= 15 is 9.59 Å². The highest BCUT2D eigenvalue weighted by atomic mass is 79.9. The molecular formula is C44H42BrN3O7. The molecule has 4 heterocycles. The topological polar surface area (TPSA) is 125 Å². The number of carbonyl (C=O) groups excluding carboxylic acids is 4. The van der Waals surface area contributed by atoms with Crippen molar-refractivity contribution in [2.24, 2.45) is 11.8 Å². The summed E-state index contributed by atoms with van der Waals surface area (Å²) < 4.78 is 13.6. The minimum absolute atomic E-state index is 0.132. The number of allylic oxidation sites excluding steroid dienone is 1. The van der Waals surface area contributed by atoms with Crippen molar-refractivity contribution in [3.63, 3.8) is 0 Å². The number of rotatable bonds is 6. The molecule has 0 unspecified atom stereocenters. The van der Waals surface area contributed by atoms with Gasteiger partial charge in [-0.3, -0.25) is 19.2 Å². The second kappa shape index (κ2) is 15.2. The molecule has 3 amide bonds. The molecule has 0 radical (unpaired) electrons. The molecule has 4 aromatic carbocycles. The summed E-state index contributed by atoms with van der Waals surface area (Å²) in [6.07, 6.45) is 4.57. The maximum Gasteiger partial charge on any atom is 0.313 e. The van der Waals surface area contributed by atoms with Gasteiger partial charge in [0.25, 0.3) is 5.91 Å². The van der Waals surface area contributed by atoms with Crippen molar-refractivity contribution >= 4 is 56.1 Å². The number of halogens is 1. The smallest absolute Gasteiger partial charge is 0.313 e. The number of likely N-dealkylation sites (tertiary alicyclic amines) is 1. The van der Waals surface area contributed by atoms with Crippen molar-refractivity contribution in [2.45, 2.75) is 62.1 Å². The zero-order chi connectivity index (χ0) is 38.3. The van der Waals surface area contributed by atoms with E-state index in [1.807, 2.05) is 115 Å². The van der Waals surface area contributed by atoms with Crippen molar-refractivity contribution in [2.75, 3.05) is 18.1 Å². The van der Waals surface area contributed by atoms with E-state index in [0.717, 1.165) is 16.3 Å². The molecule has 0 saturated carbocycles. The molecule has 0 aromatic heterocycles. The van der Waals surface area contributed by atoms with Crippen LogP contribution in [0.15, 0.2) is 126 Å². The molecular weight excluding hydrogens is 762 g/mol. The lowest BCUT2D eigenvalue weighted by Crippen LogP contribution is -2.59. The van der Waals surface area contributed by atoms with Gasteiger partial charge in [-0.05, 0) is 59.9 Å². The van der Waals surface area contributed by atoms with Crippen LogP contribution in [0.1, 0.15) is 37.0 Å². The zero-order valence-corrected chi connectivity index (χ0v) is 31.9. The number of aliphatic hydroxyl groups excluding tert-OH is 1. The van der Waals surface area contributed by atoms with E-state index in [-0.39, 0.29) is 25.3 Å². The Bertz CT molecular complexity index is 2180. The minimum Gasteiger partial charge on any atom is -0.455 e. The van der Waals surface area contributed by atoms with Gasteiger partial charge in [-0.25, -0.2) is 0 Å². The lowest BCUT2D eigenvalue weighted by Gasteiger charge is -2.39. The molecule has 4 aromatic rings. The van der Waals surface area contributed by atoms with Crippen LogP contribution in [-0.2, 0) is 35.1 Å². The predicted molar refractivity (Wildman–Crippen MR) is 211 cm³/mol. The molecule has 10 nitrogen and oxygen atoms in total. The van der Waals surface area contributed by atoms with E-state index in [4.69, 9.17) is 9.47 Å². The monoisotopic (exact) mass is 803 g/mol. The highest BCUT2D eigenvalue weighted by Gasteiger charge is 2.75. The molecule has 2 fully saturated rings. The second-order valence-corrected chi connectivity index (χ2v) is 15.6. The number of anilines is 1. The number of amides is 3. The number of cyclic esters (lactones) is 1. The third-order valence-corrected chi connectivity index (χ3v) is 12.0. The van der Waals surface area contributed by atoms with Crippen LogP contribution in [-0.4, -0.2) is 76.7 Å². The number of benzene rings is 4. The molecule has 5 bridgehead atoms. The Hall–Kier alpha value is -5.10. The lowest BCUT2D eigenvalue weighted by molar-refractivity contribution is -0.161. The molecule has 11 heteroatoms. The minimum atomic E-state index is -1.56. The molecule has 2 saturated heterocycles. The molecule has 4 aliphatic heterocycles. The van der Waals surface area contributed by atoms with E-state index in [0.29, 0.717) is 22.2 Å². The van der Waals surface area contributed by atoms with Crippen LogP contribution in [0.25, 0.3) is 10.8 Å². The van der Waals surface area contributed by atoms with Crippen LogP contribution in [0.3, 0.4) is 0 Å². The van der Waals surface area contributed by atoms with E-state index < -0.39 is 72.2 Å². The van der Waals surface area contributed by atoms with Crippen LogP contribution in [0, 0.1) is 11.8 Å². The van der Waals surface area contributed by atoms with Crippen LogP contribution < -0.4 is 10.2 Å². The number of carbonyl (C=O) groups is 4. The number of ether oxygens (including phenoxy) is 2. The molecule has 2 N–H and O–H groups in total. The largest absolute Gasteiger partial charge is 0.455 e.